The van der Waals surface area contributed by atoms with Crippen molar-refractivity contribution < 1.29 is 23.1 Å². The Kier molecular flexibility index (Phi) is 2.92. The maximum atomic E-state index is 11.8. The second kappa shape index (κ2) is 3.94. The summed E-state index contributed by atoms with van der Waals surface area (Å²) in [4.78, 5) is 22.7. The number of aliphatic carboxylic acids is 1. The fraction of sp³-hybridized carbons (Fsp3) is 0.818. The number of nitrogens with one attached hydrogen (secondary N) is 1. The molecule has 0 atom stereocenters. The van der Waals surface area contributed by atoms with Gasteiger partial charge < -0.3 is 10.4 Å². The lowest BCUT2D eigenvalue weighted by Gasteiger charge is -2.16. The predicted molar refractivity (Wildman–Crippen MR) is 63.7 cm³/mol. The van der Waals surface area contributed by atoms with Crippen LogP contribution in [0, 0.1) is 5.41 Å². The van der Waals surface area contributed by atoms with Crippen LogP contribution in [0.1, 0.15) is 32.1 Å². The van der Waals surface area contributed by atoms with Gasteiger partial charge in [-0.15, -0.1) is 0 Å². The van der Waals surface area contributed by atoms with E-state index in [-0.39, 0.29) is 18.1 Å². The second-order valence-electron chi connectivity index (χ2n) is 5.68. The van der Waals surface area contributed by atoms with E-state index in [9.17, 15) is 18.0 Å². The number of carbonyl (C=O) groups excluding carboxylic acids is 1. The van der Waals surface area contributed by atoms with Crippen molar-refractivity contribution in [1.82, 2.24) is 5.32 Å². The molecule has 2 aliphatic carbocycles. The molecule has 2 N–H and O–H groups in total. The molecule has 0 heterocycles. The van der Waals surface area contributed by atoms with Gasteiger partial charge in [-0.25, -0.2) is 13.2 Å². The first-order valence-corrected chi connectivity index (χ1v) is 7.95. The zero-order valence-corrected chi connectivity index (χ0v) is 11.0. The van der Waals surface area contributed by atoms with E-state index in [1.807, 2.05) is 0 Å². The average molecular weight is 275 g/mol. The normalized spacial score (nSPS) is 23.2. The number of hydrogen-bond acceptors (Lipinski definition) is 4. The Balaban J connectivity index is 1.91. The smallest absolute Gasteiger partial charge is 0.329 e. The van der Waals surface area contributed by atoms with Gasteiger partial charge in [-0.3, -0.25) is 4.79 Å². The number of amides is 1. The first-order chi connectivity index (χ1) is 8.17. The molecule has 2 rings (SSSR count). The lowest BCUT2D eigenvalue weighted by molar-refractivity contribution is -0.143. The van der Waals surface area contributed by atoms with Crippen molar-refractivity contribution >= 4 is 21.7 Å². The maximum absolute atomic E-state index is 11.8. The molecule has 102 valence electrons. The summed E-state index contributed by atoms with van der Waals surface area (Å²) in [5.74, 6) is -1.35. The quantitative estimate of drug-likeness (QED) is 0.707. The fourth-order valence-electron chi connectivity index (χ4n) is 2.27. The summed E-state index contributed by atoms with van der Waals surface area (Å²) in [6.45, 7) is 0. The van der Waals surface area contributed by atoms with Crippen LogP contribution >= 0.6 is 0 Å². The van der Waals surface area contributed by atoms with Crippen LogP contribution in [0.3, 0.4) is 0 Å². The molecule has 0 aromatic rings. The first-order valence-electron chi connectivity index (χ1n) is 5.89. The number of carboxylic acid groups (broad SMARTS) is 1. The molecule has 1 amide bonds. The van der Waals surface area contributed by atoms with Gasteiger partial charge in [0.2, 0.25) is 5.91 Å². The number of hydrogen-bond donors (Lipinski definition) is 2. The SMILES string of the molecule is CS(=O)(=O)CC1(CC(=O)NC2(C(=O)O)CC2)CC1. The van der Waals surface area contributed by atoms with E-state index < -0.39 is 26.8 Å². The Morgan fingerprint density at radius 1 is 1.22 bits per heavy atom. The molecule has 0 spiro atoms. The monoisotopic (exact) mass is 275 g/mol. The van der Waals surface area contributed by atoms with Crippen molar-refractivity contribution in [2.75, 3.05) is 12.0 Å². The standard InChI is InChI=1S/C11H17NO5S/c1-18(16,17)7-10(2-3-10)6-8(13)12-11(4-5-11)9(14)15/h2-7H2,1H3,(H,12,13)(H,14,15). The van der Waals surface area contributed by atoms with E-state index in [1.54, 1.807) is 0 Å². The summed E-state index contributed by atoms with van der Waals surface area (Å²) in [6, 6.07) is 0. The van der Waals surface area contributed by atoms with Crippen molar-refractivity contribution in [3.8, 4) is 0 Å². The molecule has 0 aromatic heterocycles. The largest absolute Gasteiger partial charge is 0.480 e. The van der Waals surface area contributed by atoms with Crippen LogP contribution in [0.4, 0.5) is 0 Å². The Labute approximate surface area is 106 Å². The first kappa shape index (κ1) is 13.3. The van der Waals surface area contributed by atoms with Crippen molar-refractivity contribution in [2.24, 2.45) is 5.41 Å². The van der Waals surface area contributed by atoms with Gasteiger partial charge in [-0.05, 0) is 31.1 Å². The van der Waals surface area contributed by atoms with E-state index in [0.29, 0.717) is 25.7 Å². The van der Waals surface area contributed by atoms with Crippen LogP contribution in [0.2, 0.25) is 0 Å². The Hall–Kier alpha value is -1.11. The van der Waals surface area contributed by atoms with Crippen molar-refractivity contribution in [1.29, 1.82) is 0 Å². The maximum Gasteiger partial charge on any atom is 0.329 e. The number of rotatable bonds is 6. The van der Waals surface area contributed by atoms with Crippen LogP contribution in [-0.2, 0) is 19.4 Å². The van der Waals surface area contributed by atoms with Crippen molar-refractivity contribution in [2.45, 2.75) is 37.6 Å². The molecule has 2 fully saturated rings. The molecule has 18 heavy (non-hydrogen) atoms. The molecule has 0 bridgehead atoms. The van der Waals surface area contributed by atoms with E-state index in [4.69, 9.17) is 5.11 Å². The van der Waals surface area contributed by atoms with Crippen LogP contribution in [0.5, 0.6) is 0 Å². The summed E-state index contributed by atoms with van der Waals surface area (Å²) in [6.07, 6.45) is 3.60. The molecule has 0 radical (unpaired) electrons. The van der Waals surface area contributed by atoms with E-state index >= 15 is 0 Å². The van der Waals surface area contributed by atoms with Gasteiger partial charge in [0.05, 0.1) is 5.75 Å². The number of sulfone groups is 1. The van der Waals surface area contributed by atoms with Crippen molar-refractivity contribution in [3.05, 3.63) is 0 Å². The molecule has 0 aliphatic heterocycles. The topological polar surface area (TPSA) is 101 Å². The molecule has 7 heteroatoms. The third-order valence-corrected chi connectivity index (χ3v) is 4.74. The molecule has 2 aliphatic rings. The molecule has 6 nitrogen and oxygen atoms in total. The summed E-state index contributed by atoms with van der Waals surface area (Å²) in [5.41, 5.74) is -1.54. The highest BCUT2D eigenvalue weighted by atomic mass is 32.2. The summed E-state index contributed by atoms with van der Waals surface area (Å²) >= 11 is 0. The molecular weight excluding hydrogens is 258 g/mol. The highest BCUT2D eigenvalue weighted by molar-refractivity contribution is 7.90. The number of carbonyl (C=O) groups is 2. The summed E-state index contributed by atoms with van der Waals surface area (Å²) < 4.78 is 22.5. The van der Waals surface area contributed by atoms with Crippen LogP contribution in [-0.4, -0.2) is 42.9 Å². The second-order valence-corrected chi connectivity index (χ2v) is 7.82. The fourth-order valence-corrected chi connectivity index (χ4v) is 3.78. The number of carboxylic acids is 1. The molecule has 0 saturated heterocycles. The third kappa shape index (κ3) is 3.01. The highest BCUT2D eigenvalue weighted by Crippen LogP contribution is 2.50. The van der Waals surface area contributed by atoms with Crippen molar-refractivity contribution in [3.63, 3.8) is 0 Å². The van der Waals surface area contributed by atoms with Gasteiger partial charge in [-0.1, -0.05) is 0 Å². The van der Waals surface area contributed by atoms with E-state index in [1.165, 1.54) is 0 Å². The summed E-state index contributed by atoms with van der Waals surface area (Å²) in [5, 5.41) is 11.5. The Bertz CT molecular complexity index is 488. The van der Waals surface area contributed by atoms with Crippen LogP contribution in [0.25, 0.3) is 0 Å². The lowest BCUT2D eigenvalue weighted by atomic mass is 10.0. The van der Waals surface area contributed by atoms with E-state index in [0.717, 1.165) is 6.26 Å². The van der Waals surface area contributed by atoms with Gasteiger partial charge in [0.25, 0.3) is 0 Å². The Morgan fingerprint density at radius 2 is 1.78 bits per heavy atom. The van der Waals surface area contributed by atoms with Gasteiger partial charge >= 0.3 is 5.97 Å². The highest BCUT2D eigenvalue weighted by Gasteiger charge is 2.53. The molecule has 0 unspecified atom stereocenters. The van der Waals surface area contributed by atoms with Crippen LogP contribution in [0.15, 0.2) is 0 Å². The van der Waals surface area contributed by atoms with Gasteiger partial charge in [0, 0.05) is 12.7 Å². The minimum absolute atomic E-state index is 0.00743. The Morgan fingerprint density at radius 3 is 2.11 bits per heavy atom. The third-order valence-electron chi connectivity index (χ3n) is 3.60. The average Bonchev–Trinajstić information content (AvgIpc) is 3.02. The molecular formula is C11H17NO5S. The zero-order valence-electron chi connectivity index (χ0n) is 10.2. The minimum atomic E-state index is -3.11. The predicted octanol–water partition coefficient (Wildman–Crippen LogP) is -0.0653. The van der Waals surface area contributed by atoms with Gasteiger partial charge in [0.1, 0.15) is 15.4 Å². The molecule has 0 aromatic carbocycles. The lowest BCUT2D eigenvalue weighted by Crippen LogP contribution is -2.44. The zero-order chi connectivity index (χ0) is 13.6. The van der Waals surface area contributed by atoms with Gasteiger partial charge in [0.15, 0.2) is 0 Å². The van der Waals surface area contributed by atoms with E-state index in [2.05, 4.69) is 5.32 Å². The van der Waals surface area contributed by atoms with Gasteiger partial charge in [-0.2, -0.15) is 0 Å². The summed E-state index contributed by atoms with van der Waals surface area (Å²) in [7, 11) is -3.11. The minimum Gasteiger partial charge on any atom is -0.480 e. The van der Waals surface area contributed by atoms with Crippen LogP contribution < -0.4 is 5.32 Å². The molecule has 2 saturated carbocycles.